The lowest BCUT2D eigenvalue weighted by atomic mass is 10.1. The van der Waals surface area contributed by atoms with Gasteiger partial charge in [-0.2, -0.15) is 12.6 Å². The Bertz CT molecular complexity index is 2230. The van der Waals surface area contributed by atoms with Gasteiger partial charge in [0, 0.05) is 66.0 Å². The van der Waals surface area contributed by atoms with E-state index in [0.29, 0.717) is 79.5 Å². The number of hydrogen-bond acceptors (Lipinski definition) is 9. The Balaban J connectivity index is 0.888. The molecule has 0 saturated heterocycles. The number of carbonyl (C=O) groups is 3. The van der Waals surface area contributed by atoms with Crippen LogP contribution in [0.3, 0.4) is 0 Å². The van der Waals surface area contributed by atoms with Crippen molar-refractivity contribution in [1.82, 2.24) is 0 Å². The fraction of sp³-hybridized carbons (Fsp3) is 0.349. The van der Waals surface area contributed by atoms with Gasteiger partial charge in [-0.25, -0.2) is 0 Å². The summed E-state index contributed by atoms with van der Waals surface area (Å²) in [4.78, 5) is 48.7. The Kier molecular flexibility index (Phi) is 9.71. The molecule has 0 aromatic heterocycles. The summed E-state index contributed by atoms with van der Waals surface area (Å²) in [5.74, 6) is 1.44. The van der Waals surface area contributed by atoms with Crippen LogP contribution >= 0.6 is 12.6 Å². The highest BCUT2D eigenvalue weighted by atomic mass is 32.1. The van der Waals surface area contributed by atoms with Gasteiger partial charge in [0.05, 0.1) is 54.9 Å². The highest BCUT2D eigenvalue weighted by Gasteiger charge is 2.39. The number of benzene rings is 4. The second-order valence-corrected chi connectivity index (χ2v) is 16.4. The van der Waals surface area contributed by atoms with E-state index in [1.54, 1.807) is 19.2 Å². The summed E-state index contributed by atoms with van der Waals surface area (Å²) >= 11 is 4.52. The molecule has 8 rings (SSSR count). The van der Waals surface area contributed by atoms with E-state index in [-0.39, 0.29) is 34.6 Å². The first-order valence-electron chi connectivity index (χ1n) is 18.8. The number of carbonyl (C=O) groups excluding carboxylic acids is 3. The number of rotatable bonds is 11. The summed E-state index contributed by atoms with van der Waals surface area (Å²) in [6, 6.07) is 20.8. The Labute approximate surface area is 326 Å². The third kappa shape index (κ3) is 7.23. The second-order valence-electron chi connectivity index (χ2n) is 15.2. The maximum atomic E-state index is 14.0. The molecule has 12 heteroatoms. The maximum Gasteiger partial charge on any atom is 0.261 e. The predicted octanol–water partition coefficient (Wildman–Crippen LogP) is 7.56. The highest BCUT2D eigenvalue weighted by molar-refractivity contribution is 7.81. The molecule has 4 heterocycles. The largest absolute Gasteiger partial charge is 0.493 e. The van der Waals surface area contributed by atoms with Crippen LogP contribution in [-0.4, -0.2) is 67.6 Å². The van der Waals surface area contributed by atoms with Gasteiger partial charge in [-0.05, 0) is 72.9 Å². The summed E-state index contributed by atoms with van der Waals surface area (Å²) in [5.41, 5.74) is 7.89. The smallest absolute Gasteiger partial charge is 0.261 e. The monoisotopic (exact) mass is 759 g/mol. The number of para-hydroxylation sites is 1. The summed E-state index contributed by atoms with van der Waals surface area (Å²) < 4.78 is 17.8. The molecule has 11 nitrogen and oxygen atoms in total. The molecule has 0 unspecified atom stereocenters. The Morgan fingerprint density at radius 2 is 1.67 bits per heavy atom. The van der Waals surface area contributed by atoms with E-state index in [0.717, 1.165) is 45.9 Å². The number of ether oxygens (including phenoxy) is 3. The van der Waals surface area contributed by atoms with Gasteiger partial charge in [-0.1, -0.05) is 32.0 Å². The van der Waals surface area contributed by atoms with Crippen molar-refractivity contribution < 1.29 is 28.6 Å². The van der Waals surface area contributed by atoms with Crippen molar-refractivity contribution in [2.24, 2.45) is 4.99 Å². The molecule has 2 N–H and O–H groups in total. The van der Waals surface area contributed by atoms with E-state index in [4.69, 9.17) is 19.2 Å². The van der Waals surface area contributed by atoms with Crippen LogP contribution in [0.25, 0.3) is 0 Å². The van der Waals surface area contributed by atoms with Gasteiger partial charge in [0.25, 0.3) is 11.8 Å². The van der Waals surface area contributed by atoms with E-state index in [2.05, 4.69) is 29.3 Å². The average molecular weight is 760 g/mol. The molecule has 2 atom stereocenters. The van der Waals surface area contributed by atoms with Crippen LogP contribution in [0.5, 0.6) is 17.2 Å². The lowest BCUT2D eigenvalue weighted by Crippen LogP contribution is -2.39. The zero-order valence-corrected chi connectivity index (χ0v) is 32.4. The summed E-state index contributed by atoms with van der Waals surface area (Å²) in [5, 5.41) is 6.50. The van der Waals surface area contributed by atoms with Gasteiger partial charge in [-0.3, -0.25) is 24.3 Å². The number of amides is 3. The molecule has 0 spiro atoms. The molecule has 4 aromatic carbocycles. The van der Waals surface area contributed by atoms with E-state index in [9.17, 15) is 14.4 Å². The minimum atomic E-state index is -0.215. The minimum Gasteiger partial charge on any atom is -0.493 e. The SMILES string of the molecule is COc1cc2c(cc1OCCCOc1cc3c(cc1C)C(=O)N1c4ccc(NC(=O)CCC(C)(C)S)cc4C[C@H]1CN3)N=C[C@@H]1Cc3ccccc3N1C2=O. The lowest BCUT2D eigenvalue weighted by Gasteiger charge is -2.23. The molecular weight excluding hydrogens is 715 g/mol. The zero-order chi connectivity index (χ0) is 38.4. The topological polar surface area (TPSA) is 122 Å². The number of thiol groups is 1. The van der Waals surface area contributed by atoms with Crippen molar-refractivity contribution in [1.29, 1.82) is 0 Å². The molecule has 55 heavy (non-hydrogen) atoms. The van der Waals surface area contributed by atoms with Crippen molar-refractivity contribution >= 4 is 65.0 Å². The van der Waals surface area contributed by atoms with Gasteiger partial charge in [0.2, 0.25) is 5.91 Å². The van der Waals surface area contributed by atoms with Crippen LogP contribution in [0.4, 0.5) is 28.4 Å². The first-order valence-corrected chi connectivity index (χ1v) is 19.2. The van der Waals surface area contributed by atoms with Crippen molar-refractivity contribution in [3.05, 3.63) is 94.5 Å². The third-order valence-corrected chi connectivity index (χ3v) is 10.9. The van der Waals surface area contributed by atoms with Crippen molar-refractivity contribution in [2.75, 3.05) is 47.3 Å². The molecule has 0 bridgehead atoms. The highest BCUT2D eigenvalue weighted by Crippen LogP contribution is 2.42. The first kappa shape index (κ1) is 36.5. The minimum absolute atomic E-state index is 0.0475. The number of methoxy groups -OCH3 is 1. The van der Waals surface area contributed by atoms with Crippen LogP contribution in [0.15, 0.2) is 71.7 Å². The van der Waals surface area contributed by atoms with E-state index >= 15 is 0 Å². The summed E-state index contributed by atoms with van der Waals surface area (Å²) in [6.07, 6.45) is 4.90. The third-order valence-electron chi connectivity index (χ3n) is 10.6. The molecule has 3 amide bonds. The van der Waals surface area contributed by atoms with Crippen LogP contribution in [0.2, 0.25) is 0 Å². The molecular formula is C43H45N5O6S. The van der Waals surface area contributed by atoms with Gasteiger partial charge >= 0.3 is 0 Å². The van der Waals surface area contributed by atoms with Crippen molar-refractivity contribution in [3.8, 4) is 17.2 Å². The average Bonchev–Trinajstić information content (AvgIpc) is 3.64. The second kappa shape index (κ2) is 14.6. The van der Waals surface area contributed by atoms with E-state index in [1.165, 1.54) is 0 Å². The Hall–Kier alpha value is -5.49. The van der Waals surface area contributed by atoms with Crippen LogP contribution in [0, 0.1) is 6.92 Å². The molecule has 0 fully saturated rings. The Morgan fingerprint density at radius 1 is 0.909 bits per heavy atom. The van der Waals surface area contributed by atoms with Gasteiger partial charge in [0.1, 0.15) is 5.75 Å². The fourth-order valence-corrected chi connectivity index (χ4v) is 7.93. The number of aryl methyl sites for hydroxylation is 1. The molecule has 0 aliphatic carbocycles. The van der Waals surface area contributed by atoms with Gasteiger partial charge < -0.3 is 29.7 Å². The number of hydrogen-bond donors (Lipinski definition) is 3. The van der Waals surface area contributed by atoms with Gasteiger partial charge in [-0.15, -0.1) is 0 Å². The van der Waals surface area contributed by atoms with Gasteiger partial charge in [0.15, 0.2) is 11.5 Å². The molecule has 4 aromatic rings. The van der Waals surface area contributed by atoms with Crippen molar-refractivity contribution in [3.63, 3.8) is 0 Å². The number of anilines is 4. The number of nitrogens with one attached hydrogen (secondary N) is 2. The van der Waals surface area contributed by atoms with Crippen LogP contribution < -0.4 is 34.6 Å². The molecule has 284 valence electrons. The summed E-state index contributed by atoms with van der Waals surface area (Å²) in [7, 11) is 1.56. The molecule has 0 radical (unpaired) electrons. The molecule has 4 aliphatic heterocycles. The quantitative estimate of drug-likeness (QED) is 0.107. The Morgan fingerprint density at radius 3 is 2.47 bits per heavy atom. The lowest BCUT2D eigenvalue weighted by molar-refractivity contribution is -0.116. The van der Waals surface area contributed by atoms with Crippen LogP contribution in [0.1, 0.15) is 70.5 Å². The van der Waals surface area contributed by atoms with E-state index < -0.39 is 0 Å². The predicted molar refractivity (Wildman–Crippen MR) is 219 cm³/mol. The first-order chi connectivity index (χ1) is 26.5. The molecule has 4 aliphatic rings. The molecule has 0 saturated carbocycles. The zero-order valence-electron chi connectivity index (χ0n) is 31.5. The van der Waals surface area contributed by atoms with Crippen LogP contribution in [-0.2, 0) is 17.6 Å². The summed E-state index contributed by atoms with van der Waals surface area (Å²) in [6.45, 7) is 7.24. The maximum absolute atomic E-state index is 14.0. The van der Waals surface area contributed by atoms with Crippen molar-refractivity contribution in [2.45, 2.75) is 69.7 Å². The number of fused-ring (bicyclic) bond motifs is 8. The number of nitrogens with zero attached hydrogens (tertiary/aromatic N) is 3. The number of aliphatic imine (C=N–C) groups is 1. The normalized spacial score (nSPS) is 17.8. The van der Waals surface area contributed by atoms with E-state index in [1.807, 2.05) is 85.3 Å². The standard InChI is InChI=1S/C43H45N5O6S/c1-25-16-31-33(44-24-30-19-27-17-28(10-11-36(27)48(30)41(31)50)46-40(49)12-13-43(2,3)55)21-37(25)53-14-7-15-54-39-22-34-32(20-38(39)52-4)42(51)47-29(23-45-34)18-26-8-5-6-9-35(26)47/h5-6,8-11,16-17,20-23,29-30,44,55H,7,12-15,18-19,24H2,1-4H3,(H,46,49)/t29-,30-/m0/s1. The fourth-order valence-electron chi connectivity index (χ4n) is 7.82.